The Hall–Kier alpha value is -3.94. The molecule has 2 amide bonds. The lowest BCUT2D eigenvalue weighted by atomic mass is 10.0. The van der Waals surface area contributed by atoms with Gasteiger partial charge in [0.2, 0.25) is 5.91 Å². The van der Waals surface area contributed by atoms with E-state index in [2.05, 4.69) is 10.6 Å². The standard InChI is InChI=1S/C23H21N3O5/c1-24-19(27)12-25-20(28)13-31-23(29)21-16-6-2-3-7-18(16)26-22-14(8-9-17(21)22)11-15-5-4-10-30-15/h2-7,10-11H,8-9,12-13H2,1H3,(H,24,27)(H,25,28)/b14-11+. The van der Waals surface area contributed by atoms with Crippen LogP contribution in [0.3, 0.4) is 0 Å². The Balaban J connectivity index is 1.62. The van der Waals surface area contributed by atoms with Gasteiger partial charge in [-0.1, -0.05) is 18.2 Å². The zero-order valence-corrected chi connectivity index (χ0v) is 16.9. The van der Waals surface area contributed by atoms with E-state index >= 15 is 0 Å². The van der Waals surface area contributed by atoms with E-state index in [9.17, 15) is 14.4 Å². The fourth-order valence-electron chi connectivity index (χ4n) is 3.58. The van der Waals surface area contributed by atoms with Gasteiger partial charge in [-0.2, -0.15) is 0 Å². The third-order valence-electron chi connectivity index (χ3n) is 5.06. The quantitative estimate of drug-likeness (QED) is 0.594. The monoisotopic (exact) mass is 419 g/mol. The highest BCUT2D eigenvalue weighted by Gasteiger charge is 2.28. The van der Waals surface area contributed by atoms with Crippen LogP contribution in [0.25, 0.3) is 22.6 Å². The van der Waals surface area contributed by atoms with E-state index in [1.165, 1.54) is 7.05 Å². The minimum atomic E-state index is -0.593. The summed E-state index contributed by atoms with van der Waals surface area (Å²) in [5.41, 5.74) is 3.61. The summed E-state index contributed by atoms with van der Waals surface area (Å²) in [7, 11) is 1.47. The molecule has 0 spiro atoms. The van der Waals surface area contributed by atoms with Crippen LogP contribution in [0.5, 0.6) is 0 Å². The maximum Gasteiger partial charge on any atom is 0.339 e. The lowest BCUT2D eigenvalue weighted by molar-refractivity contribution is -0.127. The number of aromatic nitrogens is 1. The summed E-state index contributed by atoms with van der Waals surface area (Å²) in [6.45, 7) is -0.655. The molecule has 4 rings (SSSR count). The van der Waals surface area contributed by atoms with Crippen molar-refractivity contribution in [1.29, 1.82) is 0 Å². The largest absolute Gasteiger partial charge is 0.465 e. The predicted octanol–water partition coefficient (Wildman–Crippen LogP) is 2.33. The first-order chi connectivity index (χ1) is 15.1. The van der Waals surface area contributed by atoms with Crippen LogP contribution in [0.15, 0.2) is 47.1 Å². The number of furan rings is 1. The van der Waals surface area contributed by atoms with Gasteiger partial charge in [0.1, 0.15) is 5.76 Å². The molecular weight excluding hydrogens is 398 g/mol. The Labute approximate surface area is 178 Å². The highest BCUT2D eigenvalue weighted by Crippen LogP contribution is 2.37. The predicted molar refractivity (Wildman–Crippen MR) is 114 cm³/mol. The van der Waals surface area contributed by atoms with Crippen molar-refractivity contribution >= 4 is 40.3 Å². The molecule has 2 aromatic heterocycles. The first-order valence-electron chi connectivity index (χ1n) is 9.87. The van der Waals surface area contributed by atoms with E-state index in [0.29, 0.717) is 29.3 Å². The van der Waals surface area contributed by atoms with E-state index in [1.54, 1.807) is 6.26 Å². The van der Waals surface area contributed by atoms with Crippen LogP contribution in [0.1, 0.15) is 33.8 Å². The number of rotatable bonds is 6. The number of likely N-dealkylation sites (N-methyl/N-ethyl adjacent to an activating group) is 1. The maximum absolute atomic E-state index is 13.0. The molecule has 31 heavy (non-hydrogen) atoms. The van der Waals surface area contributed by atoms with E-state index in [0.717, 1.165) is 22.6 Å². The molecule has 0 saturated heterocycles. The zero-order valence-electron chi connectivity index (χ0n) is 16.9. The number of nitrogens with one attached hydrogen (secondary N) is 2. The van der Waals surface area contributed by atoms with Crippen molar-refractivity contribution in [3.05, 3.63) is 65.2 Å². The van der Waals surface area contributed by atoms with E-state index in [1.807, 2.05) is 42.5 Å². The van der Waals surface area contributed by atoms with E-state index < -0.39 is 18.5 Å². The Kier molecular flexibility index (Phi) is 5.79. The molecule has 3 aromatic rings. The number of hydrogen-bond donors (Lipinski definition) is 2. The number of allylic oxidation sites excluding steroid dienone is 1. The number of esters is 1. The van der Waals surface area contributed by atoms with Crippen molar-refractivity contribution in [1.82, 2.24) is 15.6 Å². The lowest BCUT2D eigenvalue weighted by Gasteiger charge is -2.12. The molecule has 0 unspecified atom stereocenters. The van der Waals surface area contributed by atoms with Crippen molar-refractivity contribution in [3.63, 3.8) is 0 Å². The molecule has 0 saturated carbocycles. The molecule has 158 valence electrons. The molecule has 1 aliphatic carbocycles. The number of carbonyl (C=O) groups is 3. The van der Waals surface area contributed by atoms with Crippen LogP contribution >= 0.6 is 0 Å². The van der Waals surface area contributed by atoms with E-state index in [-0.39, 0.29) is 12.5 Å². The van der Waals surface area contributed by atoms with Gasteiger partial charge in [-0.3, -0.25) is 9.59 Å². The molecule has 2 heterocycles. The molecular formula is C23H21N3O5. The zero-order chi connectivity index (χ0) is 21.8. The number of hydrogen-bond acceptors (Lipinski definition) is 6. The average molecular weight is 419 g/mol. The second kappa shape index (κ2) is 8.83. The van der Waals surface area contributed by atoms with Gasteiger partial charge in [-0.05, 0) is 48.3 Å². The van der Waals surface area contributed by atoms with Gasteiger partial charge in [-0.25, -0.2) is 9.78 Å². The summed E-state index contributed by atoms with van der Waals surface area (Å²) in [4.78, 5) is 40.9. The number of pyridine rings is 1. The van der Waals surface area contributed by atoms with Crippen LogP contribution in [-0.4, -0.2) is 43.0 Å². The van der Waals surface area contributed by atoms with Gasteiger partial charge in [0.25, 0.3) is 5.91 Å². The Morgan fingerprint density at radius 2 is 1.97 bits per heavy atom. The Morgan fingerprint density at radius 3 is 2.74 bits per heavy atom. The van der Waals surface area contributed by atoms with Crippen LogP contribution in [0.2, 0.25) is 0 Å². The van der Waals surface area contributed by atoms with Crippen LogP contribution in [0.4, 0.5) is 0 Å². The molecule has 0 radical (unpaired) electrons. The lowest BCUT2D eigenvalue weighted by Crippen LogP contribution is -2.37. The summed E-state index contributed by atoms with van der Waals surface area (Å²) in [6.07, 6.45) is 4.88. The summed E-state index contributed by atoms with van der Waals surface area (Å²) in [5.74, 6) is -0.766. The van der Waals surface area contributed by atoms with Crippen molar-refractivity contribution in [3.8, 4) is 0 Å². The smallest absolute Gasteiger partial charge is 0.339 e. The molecule has 1 aliphatic rings. The van der Waals surface area contributed by atoms with Crippen molar-refractivity contribution in [2.24, 2.45) is 0 Å². The molecule has 1 aromatic carbocycles. The average Bonchev–Trinajstić information content (AvgIpc) is 3.44. The SMILES string of the molecule is CNC(=O)CNC(=O)COC(=O)c1c2c(nc3ccccc13)/C(=C/c1ccco1)CC2. The van der Waals surface area contributed by atoms with Crippen LogP contribution in [-0.2, 0) is 20.7 Å². The fourth-order valence-corrected chi connectivity index (χ4v) is 3.58. The van der Waals surface area contributed by atoms with Gasteiger partial charge in [0.05, 0.1) is 29.6 Å². The third-order valence-corrected chi connectivity index (χ3v) is 5.06. The first kappa shape index (κ1) is 20.3. The molecule has 2 N–H and O–H groups in total. The fraction of sp³-hybridized carbons (Fsp3) is 0.217. The van der Waals surface area contributed by atoms with Gasteiger partial charge >= 0.3 is 5.97 Å². The summed E-state index contributed by atoms with van der Waals surface area (Å²) in [6, 6.07) is 11.0. The van der Waals surface area contributed by atoms with Gasteiger partial charge in [0.15, 0.2) is 6.61 Å². The normalized spacial score (nSPS) is 13.8. The van der Waals surface area contributed by atoms with E-state index in [4.69, 9.17) is 14.1 Å². The van der Waals surface area contributed by atoms with Gasteiger partial charge in [0, 0.05) is 12.4 Å². The first-order valence-corrected chi connectivity index (χ1v) is 9.87. The second-order valence-electron chi connectivity index (χ2n) is 7.04. The summed E-state index contributed by atoms with van der Waals surface area (Å²) in [5, 5.41) is 5.48. The topological polar surface area (TPSA) is 111 Å². The Morgan fingerprint density at radius 1 is 1.13 bits per heavy atom. The minimum Gasteiger partial charge on any atom is -0.465 e. The number of ether oxygens (including phenoxy) is 1. The second-order valence-corrected chi connectivity index (χ2v) is 7.04. The number of para-hydroxylation sites is 1. The molecule has 0 atom stereocenters. The van der Waals surface area contributed by atoms with Gasteiger partial charge in [-0.15, -0.1) is 0 Å². The summed E-state index contributed by atoms with van der Waals surface area (Å²) >= 11 is 0. The maximum atomic E-state index is 13.0. The Bertz CT molecular complexity index is 1180. The number of amides is 2. The number of benzene rings is 1. The number of nitrogens with zero attached hydrogens (tertiary/aromatic N) is 1. The van der Waals surface area contributed by atoms with Crippen LogP contribution < -0.4 is 10.6 Å². The number of fused-ring (bicyclic) bond motifs is 2. The van der Waals surface area contributed by atoms with Crippen molar-refractivity contribution in [2.45, 2.75) is 12.8 Å². The molecule has 8 heteroatoms. The van der Waals surface area contributed by atoms with Crippen molar-refractivity contribution in [2.75, 3.05) is 20.2 Å². The molecule has 8 nitrogen and oxygen atoms in total. The molecule has 0 bridgehead atoms. The molecule has 0 fully saturated rings. The van der Waals surface area contributed by atoms with Crippen LogP contribution in [0, 0.1) is 0 Å². The minimum absolute atomic E-state index is 0.179. The highest BCUT2D eigenvalue weighted by molar-refractivity contribution is 6.07. The molecule has 0 aliphatic heterocycles. The van der Waals surface area contributed by atoms with Crippen molar-refractivity contribution < 1.29 is 23.5 Å². The highest BCUT2D eigenvalue weighted by atomic mass is 16.5. The third kappa shape index (κ3) is 4.32. The summed E-state index contributed by atoms with van der Waals surface area (Å²) < 4.78 is 10.7. The van der Waals surface area contributed by atoms with Gasteiger partial charge < -0.3 is 19.8 Å². The number of carbonyl (C=O) groups excluding carboxylic acids is 3.